The fraction of sp³-hybridized carbons (Fsp3) is 0.538. The number of rotatable bonds is 3. The van der Waals surface area contributed by atoms with E-state index in [1.807, 2.05) is 6.07 Å². The summed E-state index contributed by atoms with van der Waals surface area (Å²) in [5.41, 5.74) is 1.07. The first kappa shape index (κ1) is 15.9. The summed E-state index contributed by atoms with van der Waals surface area (Å²) in [6.45, 7) is 6.27. The predicted molar refractivity (Wildman–Crippen MR) is 78.8 cm³/mol. The standard InChI is InChI=1S/C13H18BrFN2.ClH/c1-2-13(17-5-3-16-4-6-17)10-7-11(14)9-12(15)8-10;/h7-9,13,16H,2-6H2,1H3;1H/t13-;/m1./s1. The summed E-state index contributed by atoms with van der Waals surface area (Å²) >= 11 is 3.36. The zero-order chi connectivity index (χ0) is 12.3. The van der Waals surface area contributed by atoms with Crippen LogP contribution in [0.2, 0.25) is 0 Å². The zero-order valence-electron chi connectivity index (χ0n) is 10.5. The second kappa shape index (κ2) is 7.43. The van der Waals surface area contributed by atoms with E-state index in [1.165, 1.54) is 6.07 Å². The lowest BCUT2D eigenvalue weighted by Gasteiger charge is -2.34. The Morgan fingerprint density at radius 1 is 1.33 bits per heavy atom. The first-order valence-corrected chi connectivity index (χ1v) is 6.90. The summed E-state index contributed by atoms with van der Waals surface area (Å²) in [4.78, 5) is 2.43. The van der Waals surface area contributed by atoms with Crippen molar-refractivity contribution < 1.29 is 4.39 Å². The Morgan fingerprint density at radius 2 is 2.00 bits per heavy atom. The lowest BCUT2D eigenvalue weighted by Crippen LogP contribution is -2.45. The Balaban J connectivity index is 0.00000162. The second-order valence-corrected chi connectivity index (χ2v) is 5.33. The van der Waals surface area contributed by atoms with Gasteiger partial charge in [0.2, 0.25) is 0 Å². The van der Waals surface area contributed by atoms with Crippen LogP contribution in [0, 0.1) is 5.82 Å². The first-order valence-electron chi connectivity index (χ1n) is 6.11. The summed E-state index contributed by atoms with van der Waals surface area (Å²) in [5, 5.41) is 3.34. The summed E-state index contributed by atoms with van der Waals surface area (Å²) in [5.74, 6) is -0.164. The minimum atomic E-state index is -0.164. The van der Waals surface area contributed by atoms with Crippen molar-refractivity contribution in [1.82, 2.24) is 10.2 Å². The van der Waals surface area contributed by atoms with Crippen LogP contribution >= 0.6 is 28.3 Å². The number of benzene rings is 1. The van der Waals surface area contributed by atoms with Crippen LogP contribution in [0.4, 0.5) is 4.39 Å². The van der Waals surface area contributed by atoms with Gasteiger partial charge in [0.1, 0.15) is 5.82 Å². The lowest BCUT2D eigenvalue weighted by molar-refractivity contribution is 0.169. The smallest absolute Gasteiger partial charge is 0.124 e. The molecule has 0 unspecified atom stereocenters. The van der Waals surface area contributed by atoms with Crippen molar-refractivity contribution >= 4 is 28.3 Å². The van der Waals surface area contributed by atoms with E-state index in [1.54, 1.807) is 6.07 Å². The minimum absolute atomic E-state index is 0. The van der Waals surface area contributed by atoms with Gasteiger partial charge in [0.15, 0.2) is 0 Å². The number of nitrogens with zero attached hydrogens (tertiary/aromatic N) is 1. The van der Waals surface area contributed by atoms with E-state index in [2.05, 4.69) is 33.1 Å². The average molecular weight is 338 g/mol. The second-order valence-electron chi connectivity index (χ2n) is 4.41. The van der Waals surface area contributed by atoms with Crippen LogP contribution in [0.15, 0.2) is 22.7 Å². The van der Waals surface area contributed by atoms with Crippen LogP contribution in [0.25, 0.3) is 0 Å². The van der Waals surface area contributed by atoms with Crippen molar-refractivity contribution in [2.45, 2.75) is 19.4 Å². The van der Waals surface area contributed by atoms with Gasteiger partial charge in [-0.05, 0) is 30.2 Å². The number of halogens is 3. The van der Waals surface area contributed by atoms with Crippen LogP contribution in [0.3, 0.4) is 0 Å². The van der Waals surface area contributed by atoms with Gasteiger partial charge < -0.3 is 5.32 Å². The Kier molecular flexibility index (Phi) is 6.57. The highest BCUT2D eigenvalue weighted by atomic mass is 79.9. The third-order valence-electron chi connectivity index (χ3n) is 3.25. The minimum Gasteiger partial charge on any atom is -0.314 e. The van der Waals surface area contributed by atoms with Crippen molar-refractivity contribution in [2.75, 3.05) is 26.2 Å². The molecule has 18 heavy (non-hydrogen) atoms. The summed E-state index contributed by atoms with van der Waals surface area (Å²) in [7, 11) is 0. The van der Waals surface area contributed by atoms with E-state index >= 15 is 0 Å². The van der Waals surface area contributed by atoms with Crippen LogP contribution in [0.5, 0.6) is 0 Å². The SMILES string of the molecule is CC[C@H](c1cc(F)cc(Br)c1)N1CCNCC1.Cl. The summed E-state index contributed by atoms with van der Waals surface area (Å²) in [6, 6.07) is 5.51. The Morgan fingerprint density at radius 3 is 2.56 bits per heavy atom. The molecule has 1 saturated heterocycles. The summed E-state index contributed by atoms with van der Waals surface area (Å²) in [6.07, 6.45) is 1.01. The molecule has 2 nitrogen and oxygen atoms in total. The van der Waals surface area contributed by atoms with Crippen molar-refractivity contribution in [3.63, 3.8) is 0 Å². The zero-order valence-corrected chi connectivity index (χ0v) is 12.9. The lowest BCUT2D eigenvalue weighted by atomic mass is 10.0. The maximum atomic E-state index is 13.4. The molecular weight excluding hydrogens is 319 g/mol. The quantitative estimate of drug-likeness (QED) is 0.910. The van der Waals surface area contributed by atoms with Crippen LogP contribution < -0.4 is 5.32 Å². The molecule has 102 valence electrons. The van der Waals surface area contributed by atoms with Gasteiger partial charge in [-0.25, -0.2) is 4.39 Å². The molecule has 1 N–H and O–H groups in total. The van der Waals surface area contributed by atoms with Gasteiger partial charge in [-0.3, -0.25) is 4.90 Å². The van der Waals surface area contributed by atoms with E-state index in [9.17, 15) is 4.39 Å². The van der Waals surface area contributed by atoms with Gasteiger partial charge in [-0.15, -0.1) is 12.4 Å². The normalized spacial score (nSPS) is 18.2. The monoisotopic (exact) mass is 336 g/mol. The van der Waals surface area contributed by atoms with E-state index in [4.69, 9.17) is 0 Å². The molecule has 1 heterocycles. The molecule has 1 aliphatic rings. The largest absolute Gasteiger partial charge is 0.314 e. The third-order valence-corrected chi connectivity index (χ3v) is 3.71. The fourth-order valence-electron chi connectivity index (χ4n) is 2.47. The Labute approximate surface area is 122 Å². The van der Waals surface area contributed by atoms with Gasteiger partial charge >= 0.3 is 0 Å². The summed E-state index contributed by atoms with van der Waals surface area (Å²) < 4.78 is 14.3. The maximum absolute atomic E-state index is 13.4. The highest BCUT2D eigenvalue weighted by Gasteiger charge is 2.21. The number of hydrogen-bond acceptors (Lipinski definition) is 2. The molecule has 0 amide bonds. The van der Waals surface area contributed by atoms with Gasteiger partial charge in [0, 0.05) is 36.7 Å². The molecule has 0 spiro atoms. The molecule has 1 aliphatic heterocycles. The van der Waals surface area contributed by atoms with Crippen molar-refractivity contribution in [3.8, 4) is 0 Å². The average Bonchev–Trinajstić information content (AvgIpc) is 2.30. The molecule has 2 rings (SSSR count). The highest BCUT2D eigenvalue weighted by molar-refractivity contribution is 9.10. The van der Waals surface area contributed by atoms with Crippen LogP contribution in [0.1, 0.15) is 24.9 Å². The van der Waals surface area contributed by atoms with Crippen molar-refractivity contribution in [2.24, 2.45) is 0 Å². The van der Waals surface area contributed by atoms with Crippen molar-refractivity contribution in [3.05, 3.63) is 34.1 Å². The first-order chi connectivity index (χ1) is 8.20. The highest BCUT2D eigenvalue weighted by Crippen LogP contribution is 2.27. The topological polar surface area (TPSA) is 15.3 Å². The maximum Gasteiger partial charge on any atom is 0.124 e. The van der Waals surface area contributed by atoms with Crippen LogP contribution in [-0.4, -0.2) is 31.1 Å². The van der Waals surface area contributed by atoms with Gasteiger partial charge in [0.05, 0.1) is 0 Å². The van der Waals surface area contributed by atoms with E-state index in [0.717, 1.165) is 42.6 Å². The molecule has 0 aliphatic carbocycles. The molecule has 1 fully saturated rings. The molecular formula is C13H19BrClFN2. The fourth-order valence-corrected chi connectivity index (χ4v) is 2.95. The van der Waals surface area contributed by atoms with Gasteiger partial charge in [-0.2, -0.15) is 0 Å². The van der Waals surface area contributed by atoms with Crippen molar-refractivity contribution in [1.29, 1.82) is 0 Å². The predicted octanol–water partition coefficient (Wildman–Crippen LogP) is 3.37. The Bertz CT molecular complexity index is 363. The molecule has 1 atom stereocenters. The van der Waals surface area contributed by atoms with E-state index in [-0.39, 0.29) is 18.2 Å². The number of hydrogen-bond donors (Lipinski definition) is 1. The van der Waals surface area contributed by atoms with Gasteiger partial charge in [0.25, 0.3) is 0 Å². The van der Waals surface area contributed by atoms with E-state index < -0.39 is 0 Å². The molecule has 0 aromatic heterocycles. The van der Waals surface area contributed by atoms with E-state index in [0.29, 0.717) is 6.04 Å². The number of piperazine rings is 1. The number of nitrogens with one attached hydrogen (secondary N) is 1. The molecule has 1 aromatic rings. The third kappa shape index (κ3) is 3.92. The Hall–Kier alpha value is -0.160. The molecule has 5 heteroatoms. The van der Waals surface area contributed by atoms with Gasteiger partial charge in [-0.1, -0.05) is 22.9 Å². The molecule has 0 saturated carbocycles. The molecule has 1 aromatic carbocycles. The van der Waals surface area contributed by atoms with Crippen LogP contribution in [-0.2, 0) is 0 Å². The molecule has 0 radical (unpaired) electrons. The molecule has 0 bridgehead atoms.